The van der Waals surface area contributed by atoms with E-state index in [0.29, 0.717) is 0 Å². The Morgan fingerprint density at radius 2 is 2.13 bits per heavy atom. The molecule has 0 radical (unpaired) electrons. The first kappa shape index (κ1) is 18.1. The van der Waals surface area contributed by atoms with Gasteiger partial charge in [0.05, 0.1) is 21.0 Å². The fourth-order valence-corrected chi connectivity index (χ4v) is 4.69. The lowest BCUT2D eigenvalue weighted by Crippen LogP contribution is -2.51. The number of hydrogen-bond acceptors (Lipinski definition) is 4. The minimum absolute atomic E-state index is 0.0982. The number of halogens is 1. The molecule has 0 amide bonds. The number of nitrogens with one attached hydrogen (secondary N) is 1. The Kier molecular flexibility index (Phi) is 4.98. The summed E-state index contributed by atoms with van der Waals surface area (Å²) in [6.07, 6.45) is -0.441. The maximum Gasteiger partial charge on any atom is 0.330 e. The molecule has 23 heavy (non-hydrogen) atoms. The predicted octanol–water partition coefficient (Wildman–Crippen LogP) is 1.16. The van der Waals surface area contributed by atoms with Crippen molar-refractivity contribution in [3.05, 3.63) is 33.1 Å². The Bertz CT molecular complexity index is 666. The molecule has 1 saturated heterocycles. The zero-order chi connectivity index (χ0) is 17.4. The summed E-state index contributed by atoms with van der Waals surface area (Å²) in [5.41, 5.74) is -1.43. The highest BCUT2D eigenvalue weighted by Gasteiger charge is 2.51. The molecule has 6 nitrogen and oxygen atoms in total. The monoisotopic (exact) mass is 344 g/mol. The van der Waals surface area contributed by atoms with Crippen molar-refractivity contribution in [1.82, 2.24) is 9.55 Å². The molecule has 0 bridgehead atoms. The first-order valence-electron chi connectivity index (χ1n) is 7.83. The van der Waals surface area contributed by atoms with Crippen LogP contribution in [0.3, 0.4) is 0 Å². The molecular weight excluding hydrogens is 319 g/mol. The van der Waals surface area contributed by atoms with E-state index in [1.165, 1.54) is 16.8 Å². The smallest absolute Gasteiger partial charge is 0.330 e. The second-order valence-corrected chi connectivity index (χ2v) is 10.5. The Balaban J connectivity index is 2.33. The second kappa shape index (κ2) is 6.33. The molecule has 2 rings (SSSR count). The quantitative estimate of drug-likeness (QED) is 0.832. The van der Waals surface area contributed by atoms with Crippen LogP contribution in [0.5, 0.6) is 0 Å². The lowest BCUT2D eigenvalue weighted by molar-refractivity contribution is -0.109. The van der Waals surface area contributed by atoms with E-state index in [0.717, 1.165) is 0 Å². The van der Waals surface area contributed by atoms with Gasteiger partial charge in [-0.05, 0) is 20.8 Å². The molecule has 1 aromatic heterocycles. The van der Waals surface area contributed by atoms with Gasteiger partial charge in [-0.1, -0.05) is 13.1 Å². The van der Waals surface area contributed by atoms with Crippen LogP contribution >= 0.6 is 0 Å². The summed E-state index contributed by atoms with van der Waals surface area (Å²) >= 11 is 0. The van der Waals surface area contributed by atoms with Crippen molar-refractivity contribution in [2.45, 2.75) is 63.5 Å². The van der Waals surface area contributed by atoms with Crippen molar-refractivity contribution < 1.29 is 13.9 Å². The maximum atomic E-state index is 14.5. The molecule has 1 aliphatic rings. The van der Waals surface area contributed by atoms with Crippen LogP contribution in [-0.4, -0.2) is 42.8 Å². The molecule has 1 fully saturated rings. The lowest BCUT2D eigenvalue weighted by atomic mass is 10.1. The molecule has 3 atom stereocenters. The number of aromatic nitrogens is 2. The van der Waals surface area contributed by atoms with E-state index in [1.807, 2.05) is 33.9 Å². The Morgan fingerprint density at radius 1 is 1.48 bits per heavy atom. The fourth-order valence-electron chi connectivity index (χ4n) is 2.79. The van der Waals surface area contributed by atoms with E-state index < -0.39 is 43.3 Å². The minimum Gasteiger partial charge on any atom is -0.373 e. The summed E-state index contributed by atoms with van der Waals surface area (Å²) < 4.78 is 27.6. The third-order valence-corrected chi connectivity index (χ3v) is 6.52. The first-order valence-corrected chi connectivity index (χ1v) is 10.7. The van der Waals surface area contributed by atoms with Crippen LogP contribution < -0.4 is 11.2 Å². The van der Waals surface area contributed by atoms with Crippen LogP contribution in [0.1, 0.15) is 27.2 Å². The third kappa shape index (κ3) is 3.81. The van der Waals surface area contributed by atoms with Crippen molar-refractivity contribution in [2.75, 3.05) is 6.61 Å². The molecule has 1 aromatic rings. The van der Waals surface area contributed by atoms with Crippen LogP contribution in [0.4, 0.5) is 4.39 Å². The minimum atomic E-state index is -1.65. The standard InChI is InChI=1S/C15H25FN2O4Si/c1-14(2,3)21-9-11-10(16)8-15(22-11,23(4)5)18-7-6-12(19)17-13(18)20/h6-7,10-11,23H,8-9H2,1-5H3,(H,17,19,20)/t10-,11+,15-/m0/s1. The number of H-pyrrole nitrogens is 1. The molecule has 0 saturated carbocycles. The second-order valence-electron chi connectivity index (χ2n) is 7.28. The third-order valence-electron chi connectivity index (χ3n) is 4.06. The first-order chi connectivity index (χ1) is 10.5. The topological polar surface area (TPSA) is 73.3 Å². The summed E-state index contributed by atoms with van der Waals surface area (Å²) in [6, 6.07) is 1.26. The molecule has 1 N–H and O–H groups in total. The summed E-state index contributed by atoms with van der Waals surface area (Å²) in [5, 5.41) is -0.993. The zero-order valence-electron chi connectivity index (χ0n) is 14.3. The summed E-state index contributed by atoms with van der Waals surface area (Å²) in [4.78, 5) is 25.7. The van der Waals surface area contributed by atoms with E-state index in [4.69, 9.17) is 9.47 Å². The lowest BCUT2D eigenvalue weighted by Gasteiger charge is -2.34. The van der Waals surface area contributed by atoms with Crippen LogP contribution in [0, 0.1) is 0 Å². The Labute approximate surface area is 136 Å². The van der Waals surface area contributed by atoms with Gasteiger partial charge in [-0.2, -0.15) is 0 Å². The molecule has 1 aliphatic heterocycles. The van der Waals surface area contributed by atoms with E-state index in [9.17, 15) is 14.0 Å². The number of alkyl halides is 1. The predicted molar refractivity (Wildman–Crippen MR) is 88.3 cm³/mol. The zero-order valence-corrected chi connectivity index (χ0v) is 15.4. The van der Waals surface area contributed by atoms with Gasteiger partial charge in [-0.15, -0.1) is 0 Å². The van der Waals surface area contributed by atoms with Gasteiger partial charge in [-0.3, -0.25) is 14.3 Å². The normalized spacial score (nSPS) is 28.5. The Morgan fingerprint density at radius 3 is 2.65 bits per heavy atom. The van der Waals surface area contributed by atoms with Gasteiger partial charge in [0.1, 0.15) is 17.6 Å². The number of hydrogen-bond donors (Lipinski definition) is 1. The van der Waals surface area contributed by atoms with Gasteiger partial charge in [-0.25, -0.2) is 9.18 Å². The molecule has 0 aromatic carbocycles. The SMILES string of the molecule is C[SiH](C)[C@]1(n2ccc(=O)[nH]c2=O)C[C@H](F)[C@@H](COC(C)(C)C)O1. The van der Waals surface area contributed by atoms with Gasteiger partial charge < -0.3 is 9.47 Å². The highest BCUT2D eigenvalue weighted by Crippen LogP contribution is 2.38. The molecule has 8 heteroatoms. The van der Waals surface area contributed by atoms with Gasteiger partial charge in [0.15, 0.2) is 0 Å². The van der Waals surface area contributed by atoms with Crippen LogP contribution in [0.25, 0.3) is 0 Å². The fraction of sp³-hybridized carbons (Fsp3) is 0.733. The van der Waals surface area contributed by atoms with E-state index in [2.05, 4.69) is 4.98 Å². The van der Waals surface area contributed by atoms with Crippen LogP contribution in [0.2, 0.25) is 13.1 Å². The van der Waals surface area contributed by atoms with Crippen LogP contribution in [-0.2, 0) is 14.8 Å². The van der Waals surface area contributed by atoms with Gasteiger partial charge >= 0.3 is 5.69 Å². The average Bonchev–Trinajstić information content (AvgIpc) is 2.74. The van der Waals surface area contributed by atoms with E-state index >= 15 is 0 Å². The Hall–Kier alpha value is -1.25. The summed E-state index contributed by atoms with van der Waals surface area (Å²) in [7, 11) is -1.65. The molecule has 0 spiro atoms. The number of aromatic amines is 1. The number of nitrogens with zero attached hydrogens (tertiary/aromatic N) is 1. The van der Waals surface area contributed by atoms with Gasteiger partial charge in [0.25, 0.3) is 5.56 Å². The summed E-state index contributed by atoms with van der Waals surface area (Å²) in [5.74, 6) is 0. The van der Waals surface area contributed by atoms with Gasteiger partial charge in [0.2, 0.25) is 0 Å². The van der Waals surface area contributed by atoms with Crippen molar-refractivity contribution >= 4 is 8.80 Å². The number of rotatable bonds is 4. The van der Waals surface area contributed by atoms with E-state index in [1.54, 1.807) is 0 Å². The molecule has 130 valence electrons. The molecule has 0 unspecified atom stereocenters. The van der Waals surface area contributed by atoms with Crippen molar-refractivity contribution in [1.29, 1.82) is 0 Å². The maximum absolute atomic E-state index is 14.5. The summed E-state index contributed by atoms with van der Waals surface area (Å²) in [6.45, 7) is 9.81. The van der Waals surface area contributed by atoms with Crippen molar-refractivity contribution in [3.8, 4) is 0 Å². The van der Waals surface area contributed by atoms with Crippen molar-refractivity contribution in [2.24, 2.45) is 0 Å². The van der Waals surface area contributed by atoms with E-state index in [-0.39, 0.29) is 13.0 Å². The molecular formula is C15H25FN2O4Si. The van der Waals surface area contributed by atoms with Crippen molar-refractivity contribution in [3.63, 3.8) is 0 Å². The average molecular weight is 344 g/mol. The largest absolute Gasteiger partial charge is 0.373 e. The highest BCUT2D eigenvalue weighted by molar-refractivity contribution is 6.58. The van der Waals surface area contributed by atoms with Gasteiger partial charge in [0, 0.05) is 18.7 Å². The van der Waals surface area contributed by atoms with Crippen LogP contribution in [0.15, 0.2) is 21.9 Å². The number of ether oxygens (including phenoxy) is 2. The molecule has 2 heterocycles. The highest BCUT2D eigenvalue weighted by atomic mass is 28.3. The molecule has 0 aliphatic carbocycles.